The maximum absolute atomic E-state index is 11.0. The van der Waals surface area contributed by atoms with Crippen molar-refractivity contribution in [2.75, 3.05) is 0 Å². The summed E-state index contributed by atoms with van der Waals surface area (Å²) in [6.45, 7) is 0. The molecule has 1 aromatic rings. The Kier molecular flexibility index (Phi) is 4.19. The third-order valence-electron chi connectivity index (χ3n) is 1.80. The first-order valence-corrected chi connectivity index (χ1v) is 5.99. The van der Waals surface area contributed by atoms with Gasteiger partial charge in [-0.1, -0.05) is 30.3 Å². The molecule has 0 radical (unpaired) electrons. The second-order valence-electron chi connectivity index (χ2n) is 3.10. The Morgan fingerprint density at radius 3 is 2.18 bits per heavy atom. The molecular weight excluding hydrogens is 244 g/mol. The molecule has 5 nitrogen and oxygen atoms in total. The lowest BCUT2D eigenvalue weighted by Gasteiger charge is -1.98. The van der Waals surface area contributed by atoms with Crippen LogP contribution in [-0.4, -0.2) is 24.0 Å². The summed E-state index contributed by atoms with van der Waals surface area (Å²) >= 11 is 0. The van der Waals surface area contributed by atoms with Crippen LogP contribution in [0.25, 0.3) is 6.08 Å². The number of carbonyl (C=O) groups is 1. The standard InChI is InChI=1S/C11H10O5S/c12-11(13)7-6-10(17(14,15)16)8-9-4-2-1-3-5-9/h1-8H,(H,12,13)(H,14,15,16). The van der Waals surface area contributed by atoms with E-state index in [9.17, 15) is 13.2 Å². The van der Waals surface area contributed by atoms with Crippen molar-refractivity contribution in [2.45, 2.75) is 0 Å². The van der Waals surface area contributed by atoms with Gasteiger partial charge in [0.1, 0.15) is 0 Å². The molecule has 17 heavy (non-hydrogen) atoms. The van der Waals surface area contributed by atoms with Crippen molar-refractivity contribution in [1.82, 2.24) is 0 Å². The second-order valence-corrected chi connectivity index (χ2v) is 4.53. The maximum Gasteiger partial charge on any atom is 0.328 e. The predicted molar refractivity (Wildman–Crippen MR) is 62.7 cm³/mol. The topological polar surface area (TPSA) is 91.7 Å². The molecule has 0 aromatic heterocycles. The van der Waals surface area contributed by atoms with Gasteiger partial charge in [0.25, 0.3) is 10.1 Å². The Bertz CT molecular complexity index is 555. The Morgan fingerprint density at radius 2 is 1.71 bits per heavy atom. The summed E-state index contributed by atoms with van der Waals surface area (Å²) in [6.07, 6.45) is 2.64. The fourth-order valence-corrected chi connectivity index (χ4v) is 1.60. The Morgan fingerprint density at radius 1 is 1.12 bits per heavy atom. The molecule has 0 spiro atoms. The van der Waals surface area contributed by atoms with E-state index in [1.165, 1.54) is 6.08 Å². The Hall–Kier alpha value is -1.92. The van der Waals surface area contributed by atoms with E-state index in [-0.39, 0.29) is 0 Å². The largest absolute Gasteiger partial charge is 0.478 e. The van der Waals surface area contributed by atoms with Crippen LogP contribution in [0.4, 0.5) is 0 Å². The van der Waals surface area contributed by atoms with Crippen LogP contribution in [0.5, 0.6) is 0 Å². The molecule has 0 aliphatic carbocycles. The molecule has 0 saturated carbocycles. The van der Waals surface area contributed by atoms with Gasteiger partial charge in [0.15, 0.2) is 0 Å². The molecule has 1 aromatic carbocycles. The van der Waals surface area contributed by atoms with Crippen LogP contribution in [0.2, 0.25) is 0 Å². The summed E-state index contributed by atoms with van der Waals surface area (Å²) in [5, 5.41) is 8.40. The molecular formula is C11H10O5S. The summed E-state index contributed by atoms with van der Waals surface area (Å²) in [6, 6.07) is 8.37. The van der Waals surface area contributed by atoms with Gasteiger partial charge < -0.3 is 5.11 Å². The van der Waals surface area contributed by atoms with Crippen molar-refractivity contribution >= 4 is 22.2 Å². The van der Waals surface area contributed by atoms with Gasteiger partial charge in [-0.2, -0.15) is 8.42 Å². The SMILES string of the molecule is O=C(O)C=CC(=Cc1ccccc1)S(=O)(=O)O. The Labute approximate surface area is 98.5 Å². The zero-order valence-electron chi connectivity index (χ0n) is 8.65. The van der Waals surface area contributed by atoms with Crippen molar-refractivity contribution in [3.8, 4) is 0 Å². The van der Waals surface area contributed by atoms with Gasteiger partial charge in [-0.05, 0) is 17.7 Å². The normalized spacial score (nSPS) is 12.9. The monoisotopic (exact) mass is 254 g/mol. The zero-order chi connectivity index (χ0) is 12.9. The molecule has 0 atom stereocenters. The number of hydrogen-bond acceptors (Lipinski definition) is 3. The molecule has 90 valence electrons. The van der Waals surface area contributed by atoms with Gasteiger partial charge in [0, 0.05) is 6.08 Å². The minimum absolute atomic E-state index is 0.480. The highest BCUT2D eigenvalue weighted by molar-refractivity contribution is 7.90. The minimum Gasteiger partial charge on any atom is -0.478 e. The predicted octanol–water partition coefficient (Wildman–Crippen LogP) is 1.56. The van der Waals surface area contributed by atoms with Crippen molar-refractivity contribution < 1.29 is 22.9 Å². The van der Waals surface area contributed by atoms with Crippen LogP contribution in [0.1, 0.15) is 5.56 Å². The molecule has 0 unspecified atom stereocenters. The molecule has 0 saturated heterocycles. The van der Waals surface area contributed by atoms with E-state index in [4.69, 9.17) is 9.66 Å². The van der Waals surface area contributed by atoms with Crippen molar-refractivity contribution in [1.29, 1.82) is 0 Å². The second kappa shape index (κ2) is 5.42. The van der Waals surface area contributed by atoms with Gasteiger partial charge in [-0.25, -0.2) is 4.79 Å². The van der Waals surface area contributed by atoms with E-state index in [0.717, 1.165) is 6.08 Å². The van der Waals surface area contributed by atoms with Crippen LogP contribution in [0, 0.1) is 0 Å². The molecule has 0 heterocycles. The maximum atomic E-state index is 11.0. The van der Waals surface area contributed by atoms with Crippen molar-refractivity contribution in [2.24, 2.45) is 0 Å². The summed E-state index contributed by atoms with van der Waals surface area (Å²) in [7, 11) is -4.45. The first kappa shape index (κ1) is 13.1. The van der Waals surface area contributed by atoms with E-state index in [2.05, 4.69) is 0 Å². The number of hydrogen-bond donors (Lipinski definition) is 2. The van der Waals surface area contributed by atoms with Gasteiger partial charge in [-0.15, -0.1) is 0 Å². The lowest BCUT2D eigenvalue weighted by Crippen LogP contribution is -2.00. The van der Waals surface area contributed by atoms with Gasteiger partial charge in [-0.3, -0.25) is 4.55 Å². The number of aliphatic carboxylic acids is 1. The molecule has 0 aliphatic rings. The van der Waals surface area contributed by atoms with Crippen molar-refractivity contribution in [3.63, 3.8) is 0 Å². The highest BCUT2D eigenvalue weighted by atomic mass is 32.2. The van der Waals surface area contributed by atoms with E-state index < -0.39 is 21.0 Å². The number of carboxylic acid groups (broad SMARTS) is 1. The first-order chi connectivity index (χ1) is 7.89. The molecule has 0 fully saturated rings. The molecule has 0 amide bonds. The van der Waals surface area contributed by atoms with E-state index in [0.29, 0.717) is 11.6 Å². The lowest BCUT2D eigenvalue weighted by atomic mass is 10.2. The molecule has 0 aliphatic heterocycles. The average molecular weight is 254 g/mol. The molecule has 1 rings (SSSR count). The summed E-state index contributed by atoms with van der Waals surface area (Å²) in [4.78, 5) is 9.81. The van der Waals surface area contributed by atoms with Crippen LogP contribution in [-0.2, 0) is 14.9 Å². The van der Waals surface area contributed by atoms with Crippen LogP contribution >= 0.6 is 0 Å². The van der Waals surface area contributed by atoms with E-state index >= 15 is 0 Å². The van der Waals surface area contributed by atoms with Crippen LogP contribution in [0.15, 0.2) is 47.4 Å². The fourth-order valence-electron chi connectivity index (χ4n) is 1.08. The average Bonchev–Trinajstić information content (AvgIpc) is 2.23. The first-order valence-electron chi connectivity index (χ1n) is 4.55. The van der Waals surface area contributed by atoms with Gasteiger partial charge in [0.2, 0.25) is 0 Å². The highest BCUT2D eigenvalue weighted by Gasteiger charge is 2.10. The molecule has 0 bridgehead atoms. The summed E-state index contributed by atoms with van der Waals surface area (Å²) < 4.78 is 30.9. The Balaban J connectivity index is 3.17. The van der Waals surface area contributed by atoms with Gasteiger partial charge >= 0.3 is 5.97 Å². The zero-order valence-corrected chi connectivity index (χ0v) is 9.46. The number of rotatable bonds is 4. The summed E-state index contributed by atoms with van der Waals surface area (Å²) in [5.41, 5.74) is 0.537. The third-order valence-corrected chi connectivity index (χ3v) is 2.65. The smallest absolute Gasteiger partial charge is 0.328 e. The third kappa shape index (κ3) is 4.62. The van der Waals surface area contributed by atoms with Crippen molar-refractivity contribution in [3.05, 3.63) is 53.0 Å². The van der Waals surface area contributed by atoms with Crippen LogP contribution < -0.4 is 0 Å². The summed E-state index contributed by atoms with van der Waals surface area (Å²) in [5.74, 6) is -1.30. The highest BCUT2D eigenvalue weighted by Crippen LogP contribution is 2.12. The van der Waals surface area contributed by atoms with E-state index in [1.807, 2.05) is 0 Å². The number of benzene rings is 1. The van der Waals surface area contributed by atoms with E-state index in [1.54, 1.807) is 30.3 Å². The lowest BCUT2D eigenvalue weighted by molar-refractivity contribution is -0.131. The fraction of sp³-hybridized carbons (Fsp3) is 0. The minimum atomic E-state index is -4.45. The molecule has 6 heteroatoms. The van der Waals surface area contributed by atoms with Gasteiger partial charge in [0.05, 0.1) is 4.91 Å². The number of carboxylic acids is 1. The van der Waals surface area contributed by atoms with Crippen LogP contribution in [0.3, 0.4) is 0 Å². The molecule has 2 N–H and O–H groups in total. The quantitative estimate of drug-likeness (QED) is 0.483. The number of allylic oxidation sites excluding steroid dienone is 1.